The summed E-state index contributed by atoms with van der Waals surface area (Å²) in [5.74, 6) is 1.66. The molecule has 0 aliphatic rings. The second-order valence-electron chi connectivity index (χ2n) is 4.76. The molecule has 2 rings (SSSR count). The third-order valence-corrected chi connectivity index (χ3v) is 3.01. The third kappa shape index (κ3) is 4.11. The van der Waals surface area contributed by atoms with Crippen LogP contribution in [0.1, 0.15) is 33.1 Å². The molecule has 0 aliphatic carbocycles. The minimum Gasteiger partial charge on any atom is -0.354 e. The van der Waals surface area contributed by atoms with Gasteiger partial charge in [0.15, 0.2) is 0 Å². The normalized spacial score (nSPS) is 10.6. The Morgan fingerprint density at radius 3 is 2.71 bits per heavy atom. The van der Waals surface area contributed by atoms with E-state index in [0.29, 0.717) is 17.8 Å². The van der Waals surface area contributed by atoms with Gasteiger partial charge in [-0.2, -0.15) is 24.7 Å². The molecule has 0 aromatic carbocycles. The predicted octanol–water partition coefficient (Wildman–Crippen LogP) is 1.51. The largest absolute Gasteiger partial charge is 0.354 e. The zero-order valence-corrected chi connectivity index (χ0v) is 12.8. The van der Waals surface area contributed by atoms with E-state index in [0.717, 1.165) is 19.5 Å². The number of hydrogen-bond donors (Lipinski definition) is 1. The van der Waals surface area contributed by atoms with Gasteiger partial charge in [0, 0.05) is 20.1 Å². The standard InChI is InChI=1S/C13H22N8/c1-4-6-7-8-20(3)12-17-11(15-5-2)18-13(19-12)21-10-14-9-16-21/h9-10H,4-8H2,1-3H3,(H,15,17,18,19). The molecule has 0 saturated carbocycles. The van der Waals surface area contributed by atoms with Gasteiger partial charge in [-0.25, -0.2) is 4.98 Å². The molecule has 0 amide bonds. The van der Waals surface area contributed by atoms with E-state index in [1.165, 1.54) is 23.9 Å². The lowest BCUT2D eigenvalue weighted by molar-refractivity contribution is 0.690. The van der Waals surface area contributed by atoms with Crippen molar-refractivity contribution in [3.05, 3.63) is 12.7 Å². The third-order valence-electron chi connectivity index (χ3n) is 3.01. The Hall–Kier alpha value is -2.25. The van der Waals surface area contributed by atoms with Crippen molar-refractivity contribution in [2.24, 2.45) is 0 Å². The van der Waals surface area contributed by atoms with Crippen LogP contribution in [-0.2, 0) is 0 Å². The highest BCUT2D eigenvalue weighted by Crippen LogP contribution is 2.12. The van der Waals surface area contributed by atoms with Gasteiger partial charge in [0.2, 0.25) is 11.9 Å². The van der Waals surface area contributed by atoms with Crippen molar-refractivity contribution < 1.29 is 0 Å². The lowest BCUT2D eigenvalue weighted by Crippen LogP contribution is -2.23. The van der Waals surface area contributed by atoms with Crippen LogP contribution in [0.5, 0.6) is 0 Å². The first-order valence-corrected chi connectivity index (χ1v) is 7.30. The van der Waals surface area contributed by atoms with Crippen LogP contribution in [0.15, 0.2) is 12.7 Å². The van der Waals surface area contributed by atoms with Crippen molar-refractivity contribution >= 4 is 11.9 Å². The number of rotatable bonds is 8. The summed E-state index contributed by atoms with van der Waals surface area (Å²) in [4.78, 5) is 19.2. The number of anilines is 2. The van der Waals surface area contributed by atoms with Gasteiger partial charge in [-0.05, 0) is 13.3 Å². The van der Waals surface area contributed by atoms with Crippen LogP contribution in [0, 0.1) is 0 Å². The van der Waals surface area contributed by atoms with Gasteiger partial charge in [0.25, 0.3) is 5.95 Å². The molecule has 2 aromatic heterocycles. The van der Waals surface area contributed by atoms with E-state index in [4.69, 9.17) is 0 Å². The molecule has 21 heavy (non-hydrogen) atoms. The molecule has 8 nitrogen and oxygen atoms in total. The Bertz CT molecular complexity index is 539. The fourth-order valence-electron chi connectivity index (χ4n) is 1.87. The Labute approximate surface area is 124 Å². The van der Waals surface area contributed by atoms with E-state index >= 15 is 0 Å². The SMILES string of the molecule is CCCCCN(C)c1nc(NCC)nc(-n2cncn2)n1. The van der Waals surface area contributed by atoms with Crippen LogP contribution in [0.3, 0.4) is 0 Å². The monoisotopic (exact) mass is 290 g/mol. The van der Waals surface area contributed by atoms with Gasteiger partial charge in [-0.15, -0.1) is 0 Å². The number of aromatic nitrogens is 6. The topological polar surface area (TPSA) is 84.7 Å². The summed E-state index contributed by atoms with van der Waals surface area (Å²) in [6.07, 6.45) is 6.55. The average Bonchev–Trinajstić information content (AvgIpc) is 3.02. The number of unbranched alkanes of at least 4 members (excludes halogenated alkanes) is 2. The molecule has 0 aliphatic heterocycles. The summed E-state index contributed by atoms with van der Waals surface area (Å²) in [5.41, 5.74) is 0. The summed E-state index contributed by atoms with van der Waals surface area (Å²) < 4.78 is 1.53. The second-order valence-corrected chi connectivity index (χ2v) is 4.76. The minimum atomic E-state index is 0.468. The highest BCUT2D eigenvalue weighted by atomic mass is 15.4. The Kier molecular flexibility index (Phi) is 5.42. The summed E-state index contributed by atoms with van der Waals surface area (Å²) in [6.45, 7) is 5.86. The van der Waals surface area contributed by atoms with Gasteiger partial charge in [0.05, 0.1) is 0 Å². The van der Waals surface area contributed by atoms with E-state index < -0.39 is 0 Å². The Morgan fingerprint density at radius 1 is 1.19 bits per heavy atom. The van der Waals surface area contributed by atoms with E-state index in [9.17, 15) is 0 Å². The first-order valence-electron chi connectivity index (χ1n) is 7.30. The summed E-state index contributed by atoms with van der Waals surface area (Å²) in [7, 11) is 1.99. The fraction of sp³-hybridized carbons (Fsp3) is 0.615. The maximum Gasteiger partial charge on any atom is 0.258 e. The molecular weight excluding hydrogens is 268 g/mol. The minimum absolute atomic E-state index is 0.468. The van der Waals surface area contributed by atoms with E-state index in [-0.39, 0.29) is 0 Å². The van der Waals surface area contributed by atoms with Crippen molar-refractivity contribution in [1.29, 1.82) is 0 Å². The zero-order valence-electron chi connectivity index (χ0n) is 12.8. The first-order chi connectivity index (χ1) is 10.2. The molecule has 8 heteroatoms. The van der Waals surface area contributed by atoms with Crippen molar-refractivity contribution in [2.75, 3.05) is 30.4 Å². The first kappa shape index (κ1) is 15.1. The van der Waals surface area contributed by atoms with Crippen molar-refractivity contribution in [3.63, 3.8) is 0 Å². The summed E-state index contributed by atoms with van der Waals surface area (Å²) in [6, 6.07) is 0. The molecular formula is C13H22N8. The van der Waals surface area contributed by atoms with Gasteiger partial charge < -0.3 is 10.2 Å². The molecule has 2 heterocycles. The maximum atomic E-state index is 4.46. The molecule has 0 radical (unpaired) electrons. The maximum absolute atomic E-state index is 4.46. The Morgan fingerprint density at radius 2 is 2.05 bits per heavy atom. The zero-order chi connectivity index (χ0) is 15.1. The lowest BCUT2D eigenvalue weighted by Gasteiger charge is -2.18. The van der Waals surface area contributed by atoms with Crippen molar-refractivity contribution in [2.45, 2.75) is 33.1 Å². The highest BCUT2D eigenvalue weighted by molar-refractivity contribution is 5.39. The highest BCUT2D eigenvalue weighted by Gasteiger charge is 2.11. The number of nitrogens with one attached hydrogen (secondary N) is 1. The van der Waals surface area contributed by atoms with E-state index in [2.05, 4.69) is 37.3 Å². The molecule has 0 spiro atoms. The van der Waals surface area contributed by atoms with Crippen LogP contribution in [0.4, 0.5) is 11.9 Å². The number of hydrogen-bond acceptors (Lipinski definition) is 7. The van der Waals surface area contributed by atoms with E-state index in [1.807, 2.05) is 18.9 Å². The van der Waals surface area contributed by atoms with Crippen LogP contribution in [0.25, 0.3) is 5.95 Å². The molecule has 1 N–H and O–H groups in total. The van der Waals surface area contributed by atoms with Gasteiger partial charge in [-0.1, -0.05) is 19.8 Å². The molecule has 0 atom stereocenters. The Balaban J connectivity index is 2.23. The molecule has 0 fully saturated rings. The van der Waals surface area contributed by atoms with Gasteiger partial charge >= 0.3 is 0 Å². The molecule has 0 bridgehead atoms. The van der Waals surface area contributed by atoms with Gasteiger partial charge in [0.1, 0.15) is 12.7 Å². The van der Waals surface area contributed by atoms with E-state index in [1.54, 1.807) is 6.33 Å². The average molecular weight is 290 g/mol. The fourth-order valence-corrected chi connectivity index (χ4v) is 1.87. The van der Waals surface area contributed by atoms with Crippen LogP contribution in [-0.4, -0.2) is 49.9 Å². The lowest BCUT2D eigenvalue weighted by atomic mass is 10.2. The van der Waals surface area contributed by atoms with Crippen molar-refractivity contribution in [3.8, 4) is 5.95 Å². The molecule has 0 saturated heterocycles. The second kappa shape index (κ2) is 7.51. The molecule has 2 aromatic rings. The summed E-state index contributed by atoms with van der Waals surface area (Å²) in [5, 5.41) is 7.19. The quantitative estimate of drug-likeness (QED) is 0.737. The van der Waals surface area contributed by atoms with Crippen LogP contribution < -0.4 is 10.2 Å². The smallest absolute Gasteiger partial charge is 0.258 e. The number of nitrogens with zero attached hydrogens (tertiary/aromatic N) is 7. The summed E-state index contributed by atoms with van der Waals surface area (Å²) >= 11 is 0. The van der Waals surface area contributed by atoms with Crippen LogP contribution >= 0.6 is 0 Å². The van der Waals surface area contributed by atoms with Crippen molar-refractivity contribution in [1.82, 2.24) is 29.7 Å². The predicted molar refractivity (Wildman–Crippen MR) is 81.7 cm³/mol. The van der Waals surface area contributed by atoms with Gasteiger partial charge in [-0.3, -0.25) is 0 Å². The molecule has 114 valence electrons. The molecule has 0 unspecified atom stereocenters. The van der Waals surface area contributed by atoms with Crippen LogP contribution in [0.2, 0.25) is 0 Å².